The van der Waals surface area contributed by atoms with E-state index in [1.165, 1.54) is 12.8 Å². The third-order valence-electron chi connectivity index (χ3n) is 12.8. The van der Waals surface area contributed by atoms with Crippen LogP contribution in [0.2, 0.25) is 0 Å². The molecule has 0 unspecified atom stereocenters. The van der Waals surface area contributed by atoms with Gasteiger partial charge in [-0.3, -0.25) is 9.98 Å². The number of hydrogen-bond acceptors (Lipinski definition) is 10. The zero-order valence-corrected chi connectivity index (χ0v) is 44.2. The molecule has 0 radical (unpaired) electrons. The van der Waals surface area contributed by atoms with E-state index in [1.807, 2.05) is 207 Å². The van der Waals surface area contributed by atoms with Crippen molar-refractivity contribution in [2.75, 3.05) is 39.6 Å². The summed E-state index contributed by atoms with van der Waals surface area (Å²) in [6.07, 6.45) is 14.0. The first kappa shape index (κ1) is 55.1. The molecule has 0 saturated heterocycles. The second-order valence-corrected chi connectivity index (χ2v) is 18.7. The normalized spacial score (nSPS) is 11.0. The highest BCUT2D eigenvalue weighted by atomic mass is 16.5. The van der Waals surface area contributed by atoms with Crippen molar-refractivity contribution in [3.05, 3.63) is 216 Å². The minimum atomic E-state index is 0.620. The summed E-state index contributed by atoms with van der Waals surface area (Å²) in [5.41, 5.74) is 9.38. The Morgan fingerprint density at radius 1 is 0.269 bits per heavy atom. The number of ether oxygens (including phenoxy) is 6. The number of nitrogens with zero attached hydrogens (tertiary/aromatic N) is 4. The number of nitriles is 2. The molecule has 0 N–H and O–H groups in total. The van der Waals surface area contributed by atoms with E-state index >= 15 is 0 Å². The summed E-state index contributed by atoms with van der Waals surface area (Å²) in [5, 5.41) is 18.0. The van der Waals surface area contributed by atoms with E-state index < -0.39 is 0 Å². The van der Waals surface area contributed by atoms with Gasteiger partial charge in [0.1, 0.15) is 34.5 Å². The second-order valence-electron chi connectivity index (χ2n) is 18.7. The molecule has 8 aromatic carbocycles. The SMILES string of the molecule is N#Cc1ccc(-c2ccc(OCCCCOc3ccc(C=Nc4ccc(OCCCCCCCCOc5ccc(N=Cc6ccc(OCCCCOc7ccc(-c8ccc(C#N)cc8)cc7)cc6)cc5)cc4)cc3)cc2)cc1. The largest absolute Gasteiger partial charge is 0.494 e. The molecule has 8 rings (SSSR count). The van der Waals surface area contributed by atoms with Gasteiger partial charge in [0.15, 0.2) is 0 Å². The van der Waals surface area contributed by atoms with Crippen LogP contribution in [0.1, 0.15) is 86.5 Å². The molecule has 0 spiro atoms. The van der Waals surface area contributed by atoms with Crippen LogP contribution in [-0.2, 0) is 0 Å². The Bertz CT molecular complexity index is 2930. The highest BCUT2D eigenvalue weighted by Crippen LogP contribution is 2.26. The van der Waals surface area contributed by atoms with Crippen molar-refractivity contribution in [2.24, 2.45) is 9.98 Å². The van der Waals surface area contributed by atoms with Crippen LogP contribution < -0.4 is 28.4 Å². The van der Waals surface area contributed by atoms with Gasteiger partial charge in [0.2, 0.25) is 0 Å². The second kappa shape index (κ2) is 31.1. The predicted molar refractivity (Wildman–Crippen MR) is 313 cm³/mol. The van der Waals surface area contributed by atoms with E-state index in [0.717, 1.165) is 131 Å². The Balaban J connectivity index is 0.596. The van der Waals surface area contributed by atoms with E-state index in [9.17, 15) is 0 Å². The van der Waals surface area contributed by atoms with Crippen molar-refractivity contribution < 1.29 is 28.4 Å². The highest BCUT2D eigenvalue weighted by molar-refractivity contribution is 5.83. The van der Waals surface area contributed by atoms with Crippen molar-refractivity contribution in [3.63, 3.8) is 0 Å². The number of rotatable bonds is 31. The van der Waals surface area contributed by atoms with Gasteiger partial charge in [-0.2, -0.15) is 10.5 Å². The number of hydrogen-bond donors (Lipinski definition) is 0. The molecule has 0 atom stereocenters. The zero-order valence-electron chi connectivity index (χ0n) is 44.2. The van der Waals surface area contributed by atoms with Crippen LogP contribution >= 0.6 is 0 Å². The lowest BCUT2D eigenvalue weighted by atomic mass is 10.0. The third kappa shape index (κ3) is 18.9. The first-order valence-corrected chi connectivity index (χ1v) is 27.0. The van der Waals surface area contributed by atoms with Crippen LogP contribution in [-0.4, -0.2) is 52.1 Å². The topological polar surface area (TPSA) is 128 Å². The molecule has 10 nitrogen and oxygen atoms in total. The van der Waals surface area contributed by atoms with Gasteiger partial charge in [0.05, 0.1) is 74.3 Å². The molecule has 0 saturated carbocycles. The summed E-state index contributed by atoms with van der Waals surface area (Å²) in [6.45, 7) is 3.89. The molecule has 8 aromatic rings. The lowest BCUT2D eigenvalue weighted by molar-refractivity contribution is 0.266. The van der Waals surface area contributed by atoms with Crippen LogP contribution in [0.25, 0.3) is 22.3 Å². The molecule has 0 heterocycles. The van der Waals surface area contributed by atoms with E-state index in [0.29, 0.717) is 50.8 Å². The number of unbranched alkanes of at least 4 members (excludes halogenated alkanes) is 7. The molecule has 394 valence electrons. The molecule has 78 heavy (non-hydrogen) atoms. The Morgan fingerprint density at radius 3 is 0.756 bits per heavy atom. The molecule has 0 aliphatic heterocycles. The van der Waals surface area contributed by atoms with Crippen molar-refractivity contribution in [2.45, 2.75) is 64.2 Å². The van der Waals surface area contributed by atoms with Gasteiger partial charge in [-0.25, -0.2) is 0 Å². The first-order chi connectivity index (χ1) is 38.5. The maximum absolute atomic E-state index is 9.01. The lowest BCUT2D eigenvalue weighted by Crippen LogP contribution is -2.02. The van der Waals surface area contributed by atoms with Crippen LogP contribution in [0.4, 0.5) is 11.4 Å². The first-order valence-electron chi connectivity index (χ1n) is 27.0. The van der Waals surface area contributed by atoms with Crippen LogP contribution in [0.5, 0.6) is 34.5 Å². The standard InChI is InChI=1S/C68H66N4O6/c69-49-53-11-19-57(20-12-53)59-23-35-65(36-24-59)77-47-9-7-45-75-63-31-15-55(16-32-63)51-71-61-27-39-67(40-28-61)73-43-5-3-1-2-4-6-44-74-68-41-29-62(30-42-68)72-52-56-17-33-64(34-18-56)76-46-8-10-48-78-66-37-25-60(26-38-66)58-21-13-54(50-70)14-22-58/h11-42,51-52H,1-10,43-48H2. The summed E-state index contributed by atoms with van der Waals surface area (Å²) in [4.78, 5) is 9.28. The van der Waals surface area contributed by atoms with E-state index in [4.69, 9.17) is 38.9 Å². The summed E-state index contributed by atoms with van der Waals surface area (Å²) in [6, 6.07) is 67.3. The number of benzene rings is 8. The Hall–Kier alpha value is -9.12. The van der Waals surface area contributed by atoms with Crippen molar-refractivity contribution in [3.8, 4) is 68.9 Å². The fourth-order valence-corrected chi connectivity index (χ4v) is 8.28. The monoisotopic (exact) mass is 1030 g/mol. The van der Waals surface area contributed by atoms with E-state index in [2.05, 4.69) is 22.1 Å². The Labute approximate surface area is 459 Å². The molecule has 0 aliphatic rings. The van der Waals surface area contributed by atoms with Crippen LogP contribution in [0, 0.1) is 22.7 Å². The highest BCUT2D eigenvalue weighted by Gasteiger charge is 2.05. The van der Waals surface area contributed by atoms with E-state index in [-0.39, 0.29) is 0 Å². The molecule has 0 aromatic heterocycles. The van der Waals surface area contributed by atoms with Crippen LogP contribution in [0.15, 0.2) is 204 Å². The molecule has 0 fully saturated rings. The van der Waals surface area contributed by atoms with Gasteiger partial charge in [0.25, 0.3) is 0 Å². The average molecular weight is 1040 g/mol. The van der Waals surface area contributed by atoms with Gasteiger partial charge < -0.3 is 28.4 Å². The summed E-state index contributed by atoms with van der Waals surface area (Å²) in [5.74, 6) is 5.06. The van der Waals surface area contributed by atoms with Crippen LogP contribution in [0.3, 0.4) is 0 Å². The minimum absolute atomic E-state index is 0.620. The van der Waals surface area contributed by atoms with Gasteiger partial charge in [-0.05, 0) is 217 Å². The van der Waals surface area contributed by atoms with Gasteiger partial charge in [-0.15, -0.1) is 0 Å². The van der Waals surface area contributed by atoms with Crippen molar-refractivity contribution in [1.82, 2.24) is 0 Å². The molecular weight excluding hydrogens is 969 g/mol. The summed E-state index contributed by atoms with van der Waals surface area (Å²) < 4.78 is 35.8. The van der Waals surface area contributed by atoms with E-state index in [1.54, 1.807) is 0 Å². The smallest absolute Gasteiger partial charge is 0.119 e. The minimum Gasteiger partial charge on any atom is -0.494 e. The van der Waals surface area contributed by atoms with Gasteiger partial charge >= 0.3 is 0 Å². The summed E-state index contributed by atoms with van der Waals surface area (Å²) in [7, 11) is 0. The van der Waals surface area contributed by atoms with Gasteiger partial charge in [0, 0.05) is 12.4 Å². The molecule has 10 heteroatoms. The van der Waals surface area contributed by atoms with Crippen molar-refractivity contribution >= 4 is 23.8 Å². The fourth-order valence-electron chi connectivity index (χ4n) is 8.28. The predicted octanol–water partition coefficient (Wildman–Crippen LogP) is 16.5. The quantitative estimate of drug-likeness (QED) is 0.0311. The zero-order chi connectivity index (χ0) is 53.7. The molecule has 0 amide bonds. The molecular formula is C68H66N4O6. The maximum Gasteiger partial charge on any atom is 0.119 e. The number of aliphatic imine (C=N–C) groups is 2. The Morgan fingerprint density at radius 2 is 0.487 bits per heavy atom. The maximum atomic E-state index is 9.01. The molecule has 0 aliphatic carbocycles. The third-order valence-corrected chi connectivity index (χ3v) is 12.8. The average Bonchev–Trinajstić information content (AvgIpc) is 3.50. The lowest BCUT2D eigenvalue weighted by Gasteiger charge is -2.09. The molecule has 0 bridgehead atoms. The Kier molecular flexibility index (Phi) is 21.9. The van der Waals surface area contributed by atoms with Gasteiger partial charge in [-0.1, -0.05) is 74.2 Å². The summed E-state index contributed by atoms with van der Waals surface area (Å²) >= 11 is 0. The van der Waals surface area contributed by atoms with Crippen molar-refractivity contribution in [1.29, 1.82) is 10.5 Å². The fraction of sp³-hybridized carbons (Fsp3) is 0.235.